The van der Waals surface area contributed by atoms with Gasteiger partial charge in [0.25, 0.3) is 0 Å². The molecule has 0 saturated carbocycles. The number of fused-ring (bicyclic) bond motifs is 11. The lowest BCUT2D eigenvalue weighted by Crippen LogP contribution is -2.28. The maximum Gasteiger partial charge on any atom is 0.137 e. The molecule has 0 fully saturated rings. The maximum absolute atomic E-state index is 6.52. The minimum absolute atomic E-state index is 0.435. The largest absolute Gasteiger partial charge is 0.456 e. The van der Waals surface area contributed by atoms with Crippen molar-refractivity contribution in [1.82, 2.24) is 0 Å². The predicted molar refractivity (Wildman–Crippen MR) is 262 cm³/mol. The predicted octanol–water partition coefficient (Wildman–Crippen LogP) is 16.6. The lowest BCUT2D eigenvalue weighted by Gasteiger charge is -2.33. The summed E-state index contributed by atoms with van der Waals surface area (Å²) in [4.78, 5) is 2.43. The van der Waals surface area contributed by atoms with E-state index < -0.39 is 5.41 Å². The number of rotatable bonds is 6. The van der Waals surface area contributed by atoms with Crippen LogP contribution in [-0.4, -0.2) is 0 Å². The van der Waals surface area contributed by atoms with E-state index >= 15 is 0 Å². The van der Waals surface area contributed by atoms with Crippen LogP contribution in [0, 0.1) is 0 Å². The van der Waals surface area contributed by atoms with E-state index in [1.165, 1.54) is 69.9 Å². The first-order valence-corrected chi connectivity index (χ1v) is 22.1. The molecule has 0 unspecified atom stereocenters. The van der Waals surface area contributed by atoms with E-state index in [4.69, 9.17) is 4.42 Å². The van der Waals surface area contributed by atoms with E-state index in [1.807, 2.05) is 17.4 Å². The molecule has 0 saturated heterocycles. The molecule has 0 spiro atoms. The SMILES string of the molecule is c1ccc(C2(c3ccccc3)c3ccccc3-c3cc(-c4cccc(N(c5ccc6c(c5)oc5ccccc56)c5cccc6c5sc5c7ccccc7ccc65)c4)ccc32)cc1. The average molecular weight is 808 g/mol. The zero-order valence-electron chi connectivity index (χ0n) is 33.6. The number of thiophene rings is 1. The van der Waals surface area contributed by atoms with Gasteiger partial charge in [-0.05, 0) is 97.7 Å². The Bertz CT molecular complexity index is 3670. The topological polar surface area (TPSA) is 16.4 Å². The molecule has 1 aliphatic rings. The van der Waals surface area contributed by atoms with Crippen molar-refractivity contribution in [1.29, 1.82) is 0 Å². The van der Waals surface area contributed by atoms with Crippen LogP contribution < -0.4 is 4.90 Å². The minimum atomic E-state index is -0.435. The molecule has 0 bridgehead atoms. The highest BCUT2D eigenvalue weighted by Gasteiger charge is 2.46. The molecule has 0 amide bonds. The molecular formula is C59H37NOS. The summed E-state index contributed by atoms with van der Waals surface area (Å²) in [6.07, 6.45) is 0. The first-order valence-electron chi connectivity index (χ1n) is 21.2. The average Bonchev–Trinajstić information content (AvgIpc) is 4.01. The van der Waals surface area contributed by atoms with Crippen LogP contribution in [0.25, 0.3) is 75.1 Å². The van der Waals surface area contributed by atoms with Gasteiger partial charge in [0.2, 0.25) is 0 Å². The number of hydrogen-bond acceptors (Lipinski definition) is 3. The molecule has 0 radical (unpaired) electrons. The Hall–Kier alpha value is -7.72. The van der Waals surface area contributed by atoms with E-state index in [-0.39, 0.29) is 0 Å². The third-order valence-corrected chi connectivity index (χ3v) is 14.4. The molecule has 0 aliphatic heterocycles. The van der Waals surface area contributed by atoms with Gasteiger partial charge in [-0.3, -0.25) is 0 Å². The van der Waals surface area contributed by atoms with Gasteiger partial charge < -0.3 is 9.32 Å². The van der Waals surface area contributed by atoms with Gasteiger partial charge in [-0.25, -0.2) is 0 Å². The summed E-state index contributed by atoms with van der Waals surface area (Å²) in [6, 6.07) is 82.2. The maximum atomic E-state index is 6.52. The number of furan rings is 1. The van der Waals surface area contributed by atoms with Gasteiger partial charge in [-0.1, -0.05) is 176 Å². The molecule has 2 aromatic heterocycles. The first-order chi connectivity index (χ1) is 30.7. The Kier molecular flexibility index (Phi) is 7.72. The van der Waals surface area contributed by atoms with Crippen LogP contribution in [0.5, 0.6) is 0 Å². The minimum Gasteiger partial charge on any atom is -0.456 e. The smallest absolute Gasteiger partial charge is 0.137 e. The third kappa shape index (κ3) is 5.09. The molecule has 0 atom stereocenters. The molecule has 2 heterocycles. The van der Waals surface area contributed by atoms with Crippen molar-refractivity contribution in [2.75, 3.05) is 4.90 Å². The van der Waals surface area contributed by atoms with Gasteiger partial charge in [0.1, 0.15) is 11.2 Å². The molecule has 2 nitrogen and oxygen atoms in total. The molecule has 62 heavy (non-hydrogen) atoms. The van der Waals surface area contributed by atoms with Gasteiger partial charge in [-0.2, -0.15) is 0 Å². The Morgan fingerprint density at radius 3 is 1.85 bits per heavy atom. The van der Waals surface area contributed by atoms with Crippen molar-refractivity contribution in [3.8, 4) is 22.3 Å². The number of benzene rings is 10. The zero-order valence-corrected chi connectivity index (χ0v) is 34.4. The van der Waals surface area contributed by atoms with E-state index in [9.17, 15) is 0 Å². The normalized spacial score (nSPS) is 13.0. The van der Waals surface area contributed by atoms with Crippen LogP contribution >= 0.6 is 11.3 Å². The second-order valence-corrected chi connectivity index (χ2v) is 17.4. The molecule has 12 aromatic rings. The summed E-state index contributed by atoms with van der Waals surface area (Å²) in [5.41, 5.74) is 14.6. The molecule has 290 valence electrons. The Morgan fingerprint density at radius 2 is 1.00 bits per heavy atom. The summed E-state index contributed by atoms with van der Waals surface area (Å²) in [7, 11) is 0. The summed E-state index contributed by atoms with van der Waals surface area (Å²) in [5, 5.41) is 7.34. The number of hydrogen-bond donors (Lipinski definition) is 0. The van der Waals surface area contributed by atoms with Crippen molar-refractivity contribution < 1.29 is 4.42 Å². The molecule has 10 aromatic carbocycles. The van der Waals surface area contributed by atoms with Crippen LogP contribution in [0.1, 0.15) is 22.3 Å². The lowest BCUT2D eigenvalue weighted by molar-refractivity contribution is 0.669. The Morgan fingerprint density at radius 1 is 0.371 bits per heavy atom. The fourth-order valence-electron chi connectivity index (χ4n) is 10.4. The van der Waals surface area contributed by atoms with Crippen LogP contribution in [0.15, 0.2) is 229 Å². The molecule has 0 N–H and O–H groups in total. The molecule has 1 aliphatic carbocycles. The van der Waals surface area contributed by atoms with Crippen molar-refractivity contribution in [3.63, 3.8) is 0 Å². The fraction of sp³-hybridized carbons (Fsp3) is 0.0169. The Labute approximate surface area is 363 Å². The van der Waals surface area contributed by atoms with Gasteiger partial charge in [0, 0.05) is 43.7 Å². The second-order valence-electron chi connectivity index (χ2n) is 16.4. The summed E-state index contributed by atoms with van der Waals surface area (Å²) >= 11 is 1.88. The van der Waals surface area contributed by atoms with Gasteiger partial charge in [0.05, 0.1) is 15.8 Å². The van der Waals surface area contributed by atoms with Crippen molar-refractivity contribution >= 4 is 81.3 Å². The van der Waals surface area contributed by atoms with Gasteiger partial charge in [0.15, 0.2) is 0 Å². The molecule has 13 rings (SSSR count). The van der Waals surface area contributed by atoms with Gasteiger partial charge in [-0.15, -0.1) is 11.3 Å². The number of anilines is 3. The summed E-state index contributed by atoms with van der Waals surface area (Å²) < 4.78 is 9.08. The summed E-state index contributed by atoms with van der Waals surface area (Å²) in [5.74, 6) is 0. The van der Waals surface area contributed by atoms with Crippen LogP contribution in [0.3, 0.4) is 0 Å². The highest BCUT2D eigenvalue weighted by molar-refractivity contribution is 7.27. The van der Waals surface area contributed by atoms with Crippen molar-refractivity contribution in [2.45, 2.75) is 5.41 Å². The number of nitrogens with zero attached hydrogens (tertiary/aromatic N) is 1. The van der Waals surface area contributed by atoms with Crippen molar-refractivity contribution in [2.24, 2.45) is 0 Å². The highest BCUT2D eigenvalue weighted by Crippen LogP contribution is 2.57. The standard InChI is InChI=1S/C59H37NOS/c1-3-17-41(18-4-1)59(42-19-5-2-6-20-42)52-26-11-9-23-46(52)51-36-40(30-34-53(51)59)39-16-13-21-43(35-39)60(44-31-33-48-47-24-10-12-28-55(47)61-56(48)37-44)54-27-14-25-49-50-32-29-38-15-7-8-22-45(38)57(50)62-58(49)54/h1-37H. The lowest BCUT2D eigenvalue weighted by atomic mass is 9.67. The quantitative estimate of drug-likeness (QED) is 0.166. The van der Waals surface area contributed by atoms with Crippen molar-refractivity contribution in [3.05, 3.63) is 247 Å². The fourth-order valence-corrected chi connectivity index (χ4v) is 11.8. The number of para-hydroxylation sites is 1. The third-order valence-electron chi connectivity index (χ3n) is 13.1. The van der Waals surface area contributed by atoms with Crippen LogP contribution in [0.2, 0.25) is 0 Å². The van der Waals surface area contributed by atoms with Crippen LogP contribution in [-0.2, 0) is 5.41 Å². The van der Waals surface area contributed by atoms with E-state index in [0.29, 0.717) is 0 Å². The molecular weight excluding hydrogens is 771 g/mol. The highest BCUT2D eigenvalue weighted by atomic mass is 32.1. The first kappa shape index (κ1) is 35.1. The zero-order chi connectivity index (χ0) is 40.8. The monoisotopic (exact) mass is 807 g/mol. The summed E-state index contributed by atoms with van der Waals surface area (Å²) in [6.45, 7) is 0. The van der Waals surface area contributed by atoms with Crippen LogP contribution in [0.4, 0.5) is 17.1 Å². The van der Waals surface area contributed by atoms with E-state index in [2.05, 4.69) is 223 Å². The second kappa shape index (κ2) is 13.7. The Balaban J connectivity index is 1.02. The van der Waals surface area contributed by atoms with E-state index in [0.717, 1.165) is 44.6 Å². The molecule has 3 heteroatoms. The van der Waals surface area contributed by atoms with Gasteiger partial charge >= 0.3 is 0 Å². The van der Waals surface area contributed by atoms with E-state index in [1.54, 1.807) is 0 Å².